The van der Waals surface area contributed by atoms with Crippen LogP contribution >= 0.6 is 0 Å². The normalized spacial score (nSPS) is 12.4. The molecule has 0 aliphatic heterocycles. The fourth-order valence-electron chi connectivity index (χ4n) is 3.39. The first-order valence-electron chi connectivity index (χ1n) is 12.4. The molecule has 202 valence electrons. The molecule has 3 rings (SSSR count). The van der Waals surface area contributed by atoms with Gasteiger partial charge in [0.05, 0.1) is 24.4 Å². The molecule has 8 heteroatoms. The Hall–Kier alpha value is -4.72. The first kappa shape index (κ1) is 28.8. The molecule has 0 heterocycles. The van der Waals surface area contributed by atoms with E-state index >= 15 is 0 Å². The number of allylic oxidation sites excluding steroid dienone is 4. The van der Waals surface area contributed by atoms with Crippen LogP contribution in [0, 0.1) is 6.92 Å². The van der Waals surface area contributed by atoms with Crippen molar-refractivity contribution in [3.63, 3.8) is 0 Å². The fourth-order valence-corrected chi connectivity index (χ4v) is 3.39. The molecule has 1 aliphatic rings. The van der Waals surface area contributed by atoms with Crippen LogP contribution in [0.4, 0.5) is 0 Å². The van der Waals surface area contributed by atoms with Crippen LogP contribution in [0.2, 0.25) is 0 Å². The summed E-state index contributed by atoms with van der Waals surface area (Å²) in [6.07, 6.45) is 9.67. The zero-order chi connectivity index (χ0) is 28.2. The van der Waals surface area contributed by atoms with E-state index in [0.717, 1.165) is 17.2 Å². The Morgan fingerprint density at radius 1 is 0.821 bits per heavy atom. The van der Waals surface area contributed by atoms with E-state index < -0.39 is 23.9 Å². The van der Waals surface area contributed by atoms with E-state index in [1.54, 1.807) is 42.5 Å². The Labute approximate surface area is 227 Å². The van der Waals surface area contributed by atoms with Gasteiger partial charge in [0.1, 0.15) is 17.1 Å². The summed E-state index contributed by atoms with van der Waals surface area (Å²) in [6.45, 7) is 7.34. The highest BCUT2D eigenvalue weighted by molar-refractivity contribution is 5.98. The van der Waals surface area contributed by atoms with E-state index in [-0.39, 0.29) is 30.3 Å². The molecule has 0 spiro atoms. The number of carbonyl (C=O) groups excluding carboxylic acids is 4. The van der Waals surface area contributed by atoms with Gasteiger partial charge in [0.15, 0.2) is 0 Å². The average molecular weight is 531 g/mol. The van der Waals surface area contributed by atoms with Gasteiger partial charge in [-0.3, -0.25) is 0 Å². The van der Waals surface area contributed by atoms with Crippen LogP contribution < -0.4 is 9.47 Å². The van der Waals surface area contributed by atoms with Crippen molar-refractivity contribution in [2.45, 2.75) is 33.1 Å². The van der Waals surface area contributed by atoms with Crippen LogP contribution in [-0.4, -0.2) is 37.1 Å². The minimum atomic E-state index is -0.767. The summed E-state index contributed by atoms with van der Waals surface area (Å²) in [5.74, 6) is -2.50. The SMILES string of the molecule is C=CC(=O)OCCCCOC(=O)c1cc(OC(=O)c2ccc(C)cc2)ccc1OC(=O)C1=CCC=C(C)C=C1. The molecule has 0 radical (unpaired) electrons. The van der Waals surface area contributed by atoms with Crippen molar-refractivity contribution >= 4 is 23.9 Å². The van der Waals surface area contributed by atoms with Gasteiger partial charge in [-0.05, 0) is 69.5 Å². The maximum Gasteiger partial charge on any atom is 0.343 e. The van der Waals surface area contributed by atoms with Crippen LogP contribution in [0.3, 0.4) is 0 Å². The summed E-state index contributed by atoms with van der Waals surface area (Å²) in [7, 11) is 0. The minimum Gasteiger partial charge on any atom is -0.463 e. The fraction of sp³-hybridized carbons (Fsp3) is 0.226. The first-order chi connectivity index (χ1) is 18.8. The number of aryl methyl sites for hydroxylation is 1. The lowest BCUT2D eigenvalue weighted by Gasteiger charge is -2.13. The monoisotopic (exact) mass is 530 g/mol. The highest BCUT2D eigenvalue weighted by atomic mass is 16.6. The van der Waals surface area contributed by atoms with E-state index in [2.05, 4.69) is 6.58 Å². The molecule has 0 saturated carbocycles. The molecule has 39 heavy (non-hydrogen) atoms. The summed E-state index contributed by atoms with van der Waals surface area (Å²) >= 11 is 0. The van der Waals surface area contributed by atoms with Crippen molar-refractivity contribution in [1.29, 1.82) is 0 Å². The Bertz CT molecular complexity index is 1330. The molecule has 0 atom stereocenters. The molecular formula is C31H30O8. The maximum atomic E-state index is 13.0. The van der Waals surface area contributed by atoms with Gasteiger partial charge in [-0.25, -0.2) is 19.2 Å². The third-order valence-electron chi connectivity index (χ3n) is 5.59. The van der Waals surface area contributed by atoms with E-state index in [1.165, 1.54) is 18.2 Å². The van der Waals surface area contributed by atoms with Crippen LogP contribution in [0.1, 0.15) is 52.5 Å². The summed E-state index contributed by atoms with van der Waals surface area (Å²) < 4.78 is 21.3. The lowest BCUT2D eigenvalue weighted by atomic mass is 10.1. The van der Waals surface area contributed by atoms with Crippen LogP contribution in [0.5, 0.6) is 11.5 Å². The van der Waals surface area contributed by atoms with Crippen molar-refractivity contribution in [3.8, 4) is 11.5 Å². The number of hydrogen-bond acceptors (Lipinski definition) is 8. The maximum absolute atomic E-state index is 13.0. The molecule has 0 aromatic heterocycles. The summed E-state index contributed by atoms with van der Waals surface area (Å²) in [5, 5.41) is 0. The molecule has 0 fully saturated rings. The van der Waals surface area contributed by atoms with E-state index in [4.69, 9.17) is 18.9 Å². The summed E-state index contributed by atoms with van der Waals surface area (Å²) in [5.41, 5.74) is 2.60. The van der Waals surface area contributed by atoms with Gasteiger partial charge in [-0.1, -0.05) is 48.1 Å². The molecule has 8 nitrogen and oxygen atoms in total. The highest BCUT2D eigenvalue weighted by Gasteiger charge is 2.21. The number of benzene rings is 2. The number of rotatable bonds is 11. The number of esters is 4. The van der Waals surface area contributed by atoms with Crippen molar-refractivity contribution in [3.05, 3.63) is 107 Å². The van der Waals surface area contributed by atoms with Crippen molar-refractivity contribution < 1.29 is 38.1 Å². The predicted molar refractivity (Wildman–Crippen MR) is 144 cm³/mol. The van der Waals surface area contributed by atoms with Crippen molar-refractivity contribution in [2.75, 3.05) is 13.2 Å². The van der Waals surface area contributed by atoms with E-state index in [9.17, 15) is 19.2 Å². The molecule has 0 saturated heterocycles. The zero-order valence-corrected chi connectivity index (χ0v) is 21.9. The number of carbonyl (C=O) groups is 4. The Morgan fingerprint density at radius 2 is 1.54 bits per heavy atom. The van der Waals surface area contributed by atoms with E-state index in [1.807, 2.05) is 19.9 Å². The topological polar surface area (TPSA) is 105 Å². The lowest BCUT2D eigenvalue weighted by molar-refractivity contribution is -0.138. The second kappa shape index (κ2) is 14.3. The van der Waals surface area contributed by atoms with Crippen LogP contribution in [-0.2, 0) is 19.1 Å². The lowest BCUT2D eigenvalue weighted by Crippen LogP contribution is -2.15. The molecular weight excluding hydrogens is 500 g/mol. The Balaban J connectivity index is 1.74. The minimum absolute atomic E-state index is 0.0318. The van der Waals surface area contributed by atoms with Gasteiger partial charge in [0.25, 0.3) is 0 Å². The molecule has 0 bridgehead atoms. The quantitative estimate of drug-likeness (QED) is 0.160. The molecule has 0 amide bonds. The standard InChI is InChI=1S/C31H30O8/c1-4-28(32)36-18-5-6-19-37-31(35)26-20-25(38-29(33)24-14-11-22(3)12-15-24)16-17-27(26)39-30(34)23-9-7-8-21(2)10-13-23/h4,8-17,20H,1,5-7,18-19H2,2-3H3. The van der Waals surface area contributed by atoms with Crippen LogP contribution in [0.15, 0.2) is 90.6 Å². The Morgan fingerprint density at radius 3 is 2.26 bits per heavy atom. The second-order valence-electron chi connectivity index (χ2n) is 8.69. The van der Waals surface area contributed by atoms with Gasteiger partial charge >= 0.3 is 23.9 Å². The van der Waals surface area contributed by atoms with Gasteiger partial charge in [-0.2, -0.15) is 0 Å². The number of hydrogen-bond donors (Lipinski definition) is 0. The van der Waals surface area contributed by atoms with Crippen molar-refractivity contribution in [1.82, 2.24) is 0 Å². The van der Waals surface area contributed by atoms with Gasteiger partial charge in [-0.15, -0.1) is 0 Å². The van der Waals surface area contributed by atoms with Crippen LogP contribution in [0.25, 0.3) is 0 Å². The Kier molecular flexibility index (Phi) is 10.6. The second-order valence-corrected chi connectivity index (χ2v) is 8.69. The highest BCUT2D eigenvalue weighted by Crippen LogP contribution is 2.27. The molecule has 1 aliphatic carbocycles. The number of ether oxygens (including phenoxy) is 4. The smallest absolute Gasteiger partial charge is 0.343 e. The molecule has 2 aromatic carbocycles. The summed E-state index contributed by atoms with van der Waals surface area (Å²) in [6, 6.07) is 11.0. The van der Waals surface area contributed by atoms with Crippen molar-refractivity contribution in [2.24, 2.45) is 0 Å². The molecule has 0 unspecified atom stereocenters. The zero-order valence-electron chi connectivity index (χ0n) is 21.9. The third kappa shape index (κ3) is 8.96. The third-order valence-corrected chi connectivity index (χ3v) is 5.59. The van der Waals surface area contributed by atoms with Gasteiger partial charge in [0, 0.05) is 6.08 Å². The largest absolute Gasteiger partial charge is 0.463 e. The first-order valence-corrected chi connectivity index (χ1v) is 12.4. The molecule has 0 N–H and O–H groups in total. The predicted octanol–water partition coefficient (Wildman–Crippen LogP) is 5.62. The van der Waals surface area contributed by atoms with Gasteiger partial charge < -0.3 is 18.9 Å². The van der Waals surface area contributed by atoms with Gasteiger partial charge in [0.2, 0.25) is 0 Å². The number of unbranched alkanes of at least 4 members (excludes halogenated alkanes) is 1. The molecule has 2 aromatic rings. The van der Waals surface area contributed by atoms with E-state index in [0.29, 0.717) is 30.4 Å². The summed E-state index contributed by atoms with van der Waals surface area (Å²) in [4.78, 5) is 49.5. The average Bonchev–Trinajstić information content (AvgIpc) is 3.15.